The number of fused-ring (bicyclic) bond motifs is 1. The Morgan fingerprint density at radius 1 is 1.29 bits per heavy atom. The highest BCUT2D eigenvalue weighted by atomic mass is 79.9. The van der Waals surface area contributed by atoms with Crippen molar-refractivity contribution < 1.29 is 0 Å². The Morgan fingerprint density at radius 2 is 2.05 bits per heavy atom. The van der Waals surface area contributed by atoms with E-state index in [2.05, 4.69) is 67.8 Å². The number of nitrogens with two attached hydrogens (primary N) is 1. The fourth-order valence-electron chi connectivity index (χ4n) is 2.99. The highest BCUT2D eigenvalue weighted by Gasteiger charge is 2.33. The van der Waals surface area contributed by atoms with Gasteiger partial charge in [-0.3, -0.25) is 4.90 Å². The number of benzene rings is 1. The van der Waals surface area contributed by atoms with Crippen molar-refractivity contribution >= 4 is 15.9 Å². The molecule has 0 aliphatic carbocycles. The Morgan fingerprint density at radius 3 is 2.76 bits per heavy atom. The van der Waals surface area contributed by atoms with Gasteiger partial charge in [-0.1, -0.05) is 28.1 Å². The molecule has 2 aromatic rings. The fraction of sp³-hybridized carbons (Fsp3) is 0.438. The second-order valence-electron chi connectivity index (χ2n) is 5.96. The normalized spacial score (nSPS) is 18.2. The number of hydrogen-bond acceptors (Lipinski definition) is 3. The summed E-state index contributed by atoms with van der Waals surface area (Å²) in [6, 6.07) is 8.52. The maximum Gasteiger partial charge on any atom is 0.122 e. The molecule has 112 valence electrons. The van der Waals surface area contributed by atoms with E-state index in [1.54, 1.807) is 0 Å². The molecule has 1 atom stereocenters. The molecule has 0 amide bonds. The third kappa shape index (κ3) is 3.05. The van der Waals surface area contributed by atoms with Gasteiger partial charge in [-0.25, -0.2) is 4.98 Å². The van der Waals surface area contributed by atoms with Crippen molar-refractivity contribution in [2.24, 2.45) is 5.73 Å². The molecule has 0 bridgehead atoms. The van der Waals surface area contributed by atoms with Crippen LogP contribution in [0.5, 0.6) is 0 Å². The molecule has 0 saturated carbocycles. The zero-order valence-electron chi connectivity index (χ0n) is 12.3. The molecule has 4 nitrogen and oxygen atoms in total. The number of nitrogens with zero attached hydrogens (tertiary/aromatic N) is 3. The standard InChI is InChI=1S/C16H21BrN4/c1-16(12-18,10-13-2-4-14(17)5-3-13)21-9-8-20-7-6-19-15(20)11-21/h2-7H,8-12,18H2,1H3. The largest absolute Gasteiger partial charge is 0.333 e. The predicted octanol–water partition coefficient (Wildman–Crippen LogP) is 2.42. The van der Waals surface area contributed by atoms with E-state index in [4.69, 9.17) is 5.73 Å². The van der Waals surface area contributed by atoms with Gasteiger partial charge in [0.1, 0.15) is 5.82 Å². The summed E-state index contributed by atoms with van der Waals surface area (Å²) in [5.74, 6) is 1.14. The van der Waals surface area contributed by atoms with Gasteiger partial charge in [-0.15, -0.1) is 0 Å². The summed E-state index contributed by atoms with van der Waals surface area (Å²) in [6.45, 7) is 5.79. The van der Waals surface area contributed by atoms with E-state index in [1.165, 1.54) is 5.56 Å². The third-order valence-electron chi connectivity index (χ3n) is 4.45. The molecule has 0 radical (unpaired) electrons. The second kappa shape index (κ2) is 5.91. The van der Waals surface area contributed by atoms with Crippen LogP contribution in [0.25, 0.3) is 0 Å². The Balaban J connectivity index is 1.78. The minimum atomic E-state index is -0.0367. The summed E-state index contributed by atoms with van der Waals surface area (Å²) < 4.78 is 3.34. The first-order chi connectivity index (χ1) is 10.1. The van der Waals surface area contributed by atoms with Crippen LogP contribution in [0.4, 0.5) is 0 Å². The van der Waals surface area contributed by atoms with Crippen LogP contribution in [0.1, 0.15) is 18.3 Å². The van der Waals surface area contributed by atoms with Crippen molar-refractivity contribution in [3.63, 3.8) is 0 Å². The molecule has 3 rings (SSSR count). The smallest absolute Gasteiger partial charge is 0.122 e. The monoisotopic (exact) mass is 348 g/mol. The number of imidazole rings is 1. The van der Waals surface area contributed by atoms with Crippen LogP contribution in [0.15, 0.2) is 41.1 Å². The molecule has 0 spiro atoms. The minimum absolute atomic E-state index is 0.0367. The van der Waals surface area contributed by atoms with Crippen molar-refractivity contribution in [2.45, 2.75) is 32.0 Å². The lowest BCUT2D eigenvalue weighted by Gasteiger charge is -2.43. The lowest BCUT2D eigenvalue weighted by atomic mass is 9.90. The van der Waals surface area contributed by atoms with Crippen LogP contribution < -0.4 is 5.73 Å². The van der Waals surface area contributed by atoms with Crippen LogP contribution in [0, 0.1) is 0 Å². The van der Waals surface area contributed by atoms with Gasteiger partial charge in [0, 0.05) is 42.0 Å². The summed E-state index contributed by atoms with van der Waals surface area (Å²) in [7, 11) is 0. The maximum absolute atomic E-state index is 6.13. The molecule has 0 fully saturated rings. The maximum atomic E-state index is 6.13. The Kier molecular flexibility index (Phi) is 4.15. The summed E-state index contributed by atoms with van der Waals surface area (Å²) in [6.07, 6.45) is 4.89. The van der Waals surface area contributed by atoms with Crippen LogP contribution in [0.3, 0.4) is 0 Å². The molecule has 21 heavy (non-hydrogen) atoms. The first-order valence-corrected chi connectivity index (χ1v) is 8.10. The summed E-state index contributed by atoms with van der Waals surface area (Å²) in [4.78, 5) is 6.92. The van der Waals surface area contributed by atoms with Gasteiger partial charge in [0.15, 0.2) is 0 Å². The quantitative estimate of drug-likeness (QED) is 0.922. The average molecular weight is 349 g/mol. The van der Waals surface area contributed by atoms with E-state index in [9.17, 15) is 0 Å². The van der Waals surface area contributed by atoms with E-state index in [1.807, 2.05) is 6.20 Å². The molecule has 1 aromatic carbocycles. The molecule has 5 heteroatoms. The molecule has 2 N–H and O–H groups in total. The highest BCUT2D eigenvalue weighted by Crippen LogP contribution is 2.25. The topological polar surface area (TPSA) is 47.1 Å². The molecular weight excluding hydrogens is 328 g/mol. The first-order valence-electron chi connectivity index (χ1n) is 7.30. The van der Waals surface area contributed by atoms with Crippen molar-refractivity contribution in [3.8, 4) is 0 Å². The number of aromatic nitrogens is 2. The minimum Gasteiger partial charge on any atom is -0.333 e. The summed E-state index contributed by atoms with van der Waals surface area (Å²) in [5.41, 5.74) is 7.42. The average Bonchev–Trinajstić information content (AvgIpc) is 2.97. The number of rotatable bonds is 4. The molecule has 1 aromatic heterocycles. The molecule has 1 aliphatic rings. The molecule has 2 heterocycles. The Bertz CT molecular complexity index is 607. The fourth-order valence-corrected chi connectivity index (χ4v) is 3.25. The third-order valence-corrected chi connectivity index (χ3v) is 4.97. The van der Waals surface area contributed by atoms with Crippen LogP contribution >= 0.6 is 15.9 Å². The van der Waals surface area contributed by atoms with E-state index in [-0.39, 0.29) is 5.54 Å². The van der Waals surface area contributed by atoms with Gasteiger partial charge in [-0.05, 0) is 31.0 Å². The molecule has 1 unspecified atom stereocenters. The van der Waals surface area contributed by atoms with E-state index in [0.29, 0.717) is 6.54 Å². The van der Waals surface area contributed by atoms with Gasteiger partial charge >= 0.3 is 0 Å². The van der Waals surface area contributed by atoms with E-state index < -0.39 is 0 Å². The number of hydrogen-bond donors (Lipinski definition) is 1. The van der Waals surface area contributed by atoms with Gasteiger partial charge in [0.25, 0.3) is 0 Å². The van der Waals surface area contributed by atoms with Crippen LogP contribution in [0.2, 0.25) is 0 Å². The van der Waals surface area contributed by atoms with Gasteiger partial charge < -0.3 is 10.3 Å². The highest BCUT2D eigenvalue weighted by molar-refractivity contribution is 9.10. The van der Waals surface area contributed by atoms with Crippen LogP contribution in [-0.4, -0.2) is 33.1 Å². The van der Waals surface area contributed by atoms with Gasteiger partial charge in [0.2, 0.25) is 0 Å². The van der Waals surface area contributed by atoms with E-state index in [0.717, 1.165) is 36.4 Å². The summed E-state index contributed by atoms with van der Waals surface area (Å²) >= 11 is 3.49. The first kappa shape index (κ1) is 14.8. The molecule has 1 aliphatic heterocycles. The lowest BCUT2D eigenvalue weighted by molar-refractivity contribution is 0.0773. The van der Waals surface area contributed by atoms with Crippen molar-refractivity contribution in [1.82, 2.24) is 14.5 Å². The zero-order valence-corrected chi connectivity index (χ0v) is 13.9. The summed E-state index contributed by atoms with van der Waals surface area (Å²) in [5, 5.41) is 0. The Labute approximate surface area is 134 Å². The van der Waals surface area contributed by atoms with Crippen LogP contribution in [-0.2, 0) is 19.5 Å². The number of halogens is 1. The predicted molar refractivity (Wildman–Crippen MR) is 87.9 cm³/mol. The molecular formula is C16H21BrN4. The van der Waals surface area contributed by atoms with Gasteiger partial charge in [-0.2, -0.15) is 0 Å². The SMILES string of the molecule is CC(CN)(Cc1ccc(Br)cc1)N1CCn2ccnc2C1. The lowest BCUT2D eigenvalue weighted by Crippen LogP contribution is -2.55. The van der Waals surface area contributed by atoms with Gasteiger partial charge in [0.05, 0.1) is 6.54 Å². The molecule has 0 saturated heterocycles. The van der Waals surface area contributed by atoms with Crippen molar-refractivity contribution in [3.05, 3.63) is 52.5 Å². The van der Waals surface area contributed by atoms with E-state index >= 15 is 0 Å². The second-order valence-corrected chi connectivity index (χ2v) is 6.88. The zero-order chi connectivity index (χ0) is 14.9. The van der Waals surface area contributed by atoms with Crippen molar-refractivity contribution in [1.29, 1.82) is 0 Å². The Hall–Kier alpha value is -1.17. The van der Waals surface area contributed by atoms with Crippen molar-refractivity contribution in [2.75, 3.05) is 13.1 Å².